The first-order valence-electron chi connectivity index (χ1n) is 5.25. The van der Waals surface area contributed by atoms with Gasteiger partial charge in [0.25, 0.3) is 0 Å². The largest absolute Gasteiger partial charge is 0.389 e. The quantitative estimate of drug-likeness (QED) is 0.594. The van der Waals surface area contributed by atoms with Gasteiger partial charge in [-0.1, -0.05) is 12.2 Å². The highest BCUT2D eigenvalue weighted by Crippen LogP contribution is 2.24. The Kier molecular flexibility index (Phi) is 3.43. The van der Waals surface area contributed by atoms with Crippen molar-refractivity contribution in [2.75, 3.05) is 18.0 Å². The number of rotatable bonds is 2. The third-order valence-electron chi connectivity index (χ3n) is 2.62. The lowest BCUT2D eigenvalue weighted by atomic mass is 10.1. The van der Waals surface area contributed by atoms with Gasteiger partial charge in [-0.05, 0) is 12.1 Å². The lowest BCUT2D eigenvalue weighted by molar-refractivity contribution is -0.130. The van der Waals surface area contributed by atoms with Crippen LogP contribution in [0.25, 0.3) is 0 Å². The van der Waals surface area contributed by atoms with Crippen molar-refractivity contribution < 1.29 is 18.4 Å². The van der Waals surface area contributed by atoms with Gasteiger partial charge in [-0.3, -0.25) is 14.9 Å². The zero-order chi connectivity index (χ0) is 14.2. The Morgan fingerprint density at radius 1 is 1.21 bits per heavy atom. The molecule has 1 aromatic rings. The molecule has 1 fully saturated rings. The van der Waals surface area contributed by atoms with Crippen molar-refractivity contribution in [2.45, 2.75) is 0 Å². The van der Waals surface area contributed by atoms with Gasteiger partial charge >= 0.3 is 0 Å². The summed E-state index contributed by atoms with van der Waals surface area (Å²) < 4.78 is 27.6. The molecule has 1 aliphatic heterocycles. The zero-order valence-corrected chi connectivity index (χ0v) is 10.4. The van der Waals surface area contributed by atoms with Gasteiger partial charge in [-0.15, -0.1) is 0 Å². The molecule has 0 saturated carbocycles. The molecule has 2 rings (SSSR count). The summed E-state index contributed by atoms with van der Waals surface area (Å²) in [5.41, 5.74) is 4.85. The van der Waals surface area contributed by atoms with Crippen LogP contribution in [0.1, 0.15) is 5.56 Å². The molecule has 0 bridgehead atoms. The molecule has 1 aromatic carbocycles. The van der Waals surface area contributed by atoms with E-state index in [-0.39, 0.29) is 29.3 Å². The molecule has 1 aliphatic rings. The highest BCUT2D eigenvalue weighted by atomic mass is 32.1. The Labute approximate surface area is 112 Å². The van der Waals surface area contributed by atoms with Crippen LogP contribution in [0.5, 0.6) is 0 Å². The van der Waals surface area contributed by atoms with Gasteiger partial charge < -0.3 is 10.6 Å². The van der Waals surface area contributed by atoms with E-state index in [1.165, 1.54) is 12.1 Å². The summed E-state index contributed by atoms with van der Waals surface area (Å²) in [4.78, 5) is 23.3. The van der Waals surface area contributed by atoms with Crippen LogP contribution in [-0.4, -0.2) is 29.9 Å². The number of benzene rings is 1. The van der Waals surface area contributed by atoms with Gasteiger partial charge in [0.15, 0.2) is 11.6 Å². The Morgan fingerprint density at radius 2 is 1.79 bits per heavy atom. The van der Waals surface area contributed by atoms with Gasteiger partial charge in [0, 0.05) is 5.56 Å². The molecule has 1 saturated heterocycles. The monoisotopic (exact) mass is 285 g/mol. The number of nitrogens with one attached hydrogen (secondary N) is 1. The zero-order valence-electron chi connectivity index (χ0n) is 9.57. The average molecular weight is 285 g/mol. The number of hydrogen-bond acceptors (Lipinski definition) is 4. The van der Waals surface area contributed by atoms with Gasteiger partial charge in [-0.25, -0.2) is 8.78 Å². The fourth-order valence-electron chi connectivity index (χ4n) is 1.78. The number of amides is 2. The molecular weight excluding hydrogens is 276 g/mol. The minimum Gasteiger partial charge on any atom is -0.389 e. The molecular formula is C11H9F2N3O2S. The summed E-state index contributed by atoms with van der Waals surface area (Å²) in [6.07, 6.45) is 0. The first-order chi connectivity index (χ1) is 8.90. The maximum absolute atomic E-state index is 13.9. The molecule has 3 N–H and O–H groups in total. The van der Waals surface area contributed by atoms with E-state index in [4.69, 9.17) is 5.73 Å². The second-order valence-corrected chi connectivity index (χ2v) is 4.39. The van der Waals surface area contributed by atoms with Crippen molar-refractivity contribution in [1.82, 2.24) is 5.32 Å². The number of thiocarbonyl (C=S) groups is 1. The summed E-state index contributed by atoms with van der Waals surface area (Å²) >= 11 is 4.59. The van der Waals surface area contributed by atoms with Crippen LogP contribution >= 0.6 is 12.2 Å². The molecule has 2 amide bonds. The molecule has 0 spiro atoms. The number of carbonyl (C=O) groups is 2. The number of nitrogens with two attached hydrogens (primary N) is 1. The Bertz CT molecular complexity index is 576. The van der Waals surface area contributed by atoms with E-state index in [0.717, 1.165) is 4.90 Å². The van der Waals surface area contributed by atoms with E-state index < -0.39 is 23.4 Å². The molecule has 100 valence electrons. The van der Waals surface area contributed by atoms with Crippen molar-refractivity contribution in [3.05, 3.63) is 29.3 Å². The first kappa shape index (κ1) is 13.3. The molecule has 0 radical (unpaired) electrons. The maximum Gasteiger partial charge on any atom is 0.246 e. The van der Waals surface area contributed by atoms with Crippen LogP contribution < -0.4 is 16.0 Å². The van der Waals surface area contributed by atoms with Gasteiger partial charge in [0.05, 0.1) is 18.8 Å². The van der Waals surface area contributed by atoms with E-state index in [9.17, 15) is 18.4 Å². The smallest absolute Gasteiger partial charge is 0.246 e. The molecule has 1 heterocycles. The van der Waals surface area contributed by atoms with E-state index >= 15 is 0 Å². The lowest BCUT2D eigenvalue weighted by Crippen LogP contribution is -2.51. The summed E-state index contributed by atoms with van der Waals surface area (Å²) in [5, 5.41) is 2.07. The van der Waals surface area contributed by atoms with Gasteiger partial charge in [0.2, 0.25) is 11.8 Å². The molecule has 0 aromatic heterocycles. The van der Waals surface area contributed by atoms with Crippen molar-refractivity contribution in [1.29, 1.82) is 0 Å². The van der Waals surface area contributed by atoms with E-state index in [1.807, 2.05) is 0 Å². The number of imide groups is 1. The topological polar surface area (TPSA) is 75.4 Å². The Balaban J connectivity index is 2.41. The fourth-order valence-corrected chi connectivity index (χ4v) is 1.94. The minimum absolute atomic E-state index is 0.180. The number of hydrogen-bond donors (Lipinski definition) is 2. The van der Waals surface area contributed by atoms with Crippen molar-refractivity contribution in [3.63, 3.8) is 0 Å². The van der Waals surface area contributed by atoms with Crippen LogP contribution in [0.2, 0.25) is 0 Å². The Hall–Kier alpha value is -2.09. The van der Waals surface area contributed by atoms with E-state index in [2.05, 4.69) is 17.5 Å². The molecule has 8 heteroatoms. The van der Waals surface area contributed by atoms with Crippen LogP contribution in [0.15, 0.2) is 12.1 Å². The maximum atomic E-state index is 13.9. The molecule has 5 nitrogen and oxygen atoms in total. The second-order valence-electron chi connectivity index (χ2n) is 3.95. The average Bonchev–Trinajstić information content (AvgIpc) is 2.30. The Morgan fingerprint density at radius 3 is 2.32 bits per heavy atom. The van der Waals surface area contributed by atoms with Crippen molar-refractivity contribution in [2.24, 2.45) is 5.73 Å². The summed E-state index contributed by atoms with van der Waals surface area (Å²) in [6.45, 7) is -0.455. The number of halogens is 2. The SMILES string of the molecule is NC(=S)c1ccc(N2CC(=O)NC(=O)C2)c(F)c1F. The van der Waals surface area contributed by atoms with E-state index in [1.54, 1.807) is 0 Å². The third-order valence-corrected chi connectivity index (χ3v) is 2.84. The number of anilines is 1. The molecule has 0 atom stereocenters. The van der Waals surface area contributed by atoms with E-state index in [0.29, 0.717) is 0 Å². The molecule has 19 heavy (non-hydrogen) atoms. The predicted molar refractivity (Wildman–Crippen MR) is 67.6 cm³/mol. The highest BCUT2D eigenvalue weighted by Gasteiger charge is 2.26. The summed E-state index contributed by atoms with van der Waals surface area (Å²) in [6, 6.07) is 2.45. The van der Waals surface area contributed by atoms with Crippen LogP contribution in [0.3, 0.4) is 0 Å². The highest BCUT2D eigenvalue weighted by molar-refractivity contribution is 7.80. The van der Waals surface area contributed by atoms with Crippen LogP contribution in [0.4, 0.5) is 14.5 Å². The number of nitrogens with zero attached hydrogens (tertiary/aromatic N) is 1. The van der Waals surface area contributed by atoms with Crippen molar-refractivity contribution >= 4 is 34.7 Å². The predicted octanol–water partition coefficient (Wildman–Crippen LogP) is 0.0618. The minimum atomic E-state index is -1.19. The number of piperazine rings is 1. The molecule has 0 unspecified atom stereocenters. The second kappa shape index (κ2) is 4.88. The summed E-state index contributed by atoms with van der Waals surface area (Å²) in [5.74, 6) is -3.53. The van der Waals surface area contributed by atoms with Crippen molar-refractivity contribution in [3.8, 4) is 0 Å². The lowest BCUT2D eigenvalue weighted by Gasteiger charge is -2.27. The standard InChI is InChI=1S/C11H9F2N3O2S/c12-9-5(11(14)19)1-2-6(10(9)13)16-3-7(17)15-8(18)4-16/h1-2H,3-4H2,(H2,14,19)(H,15,17,18). The van der Waals surface area contributed by atoms with Crippen LogP contribution in [0, 0.1) is 11.6 Å². The first-order valence-corrected chi connectivity index (χ1v) is 5.66. The molecule has 0 aliphatic carbocycles. The van der Waals surface area contributed by atoms with Gasteiger partial charge in [0.1, 0.15) is 4.99 Å². The third kappa shape index (κ3) is 2.53. The van der Waals surface area contributed by atoms with Crippen LogP contribution in [-0.2, 0) is 9.59 Å². The van der Waals surface area contributed by atoms with Gasteiger partial charge in [-0.2, -0.15) is 0 Å². The summed E-state index contributed by atoms with van der Waals surface area (Å²) in [7, 11) is 0. The normalized spacial score (nSPS) is 15.4. The fraction of sp³-hybridized carbons (Fsp3) is 0.182. The number of carbonyl (C=O) groups excluding carboxylic acids is 2.